The van der Waals surface area contributed by atoms with E-state index in [1.54, 1.807) is 0 Å². The summed E-state index contributed by atoms with van der Waals surface area (Å²) in [6, 6.07) is 74.2. The molecular weight excluding hydrogens is 693 g/mol. The first-order valence-corrected chi connectivity index (χ1v) is 19.5. The van der Waals surface area contributed by atoms with Crippen LogP contribution in [0.3, 0.4) is 0 Å². The SMILES string of the molecule is c1ccc(-c2cccc(-c3ccc(-n4c5ccccc5c5c(-c6cccc7c6c6ccccc6n7-c6ccccc6)cccc54)c4oc5ccccc5c34)c2)cc1. The minimum atomic E-state index is 0.875. The third-order valence-electron chi connectivity index (χ3n) is 11.7. The van der Waals surface area contributed by atoms with E-state index < -0.39 is 0 Å². The average molecular weight is 727 g/mol. The number of para-hydroxylation sites is 4. The fourth-order valence-electron chi connectivity index (χ4n) is 9.33. The normalized spacial score (nSPS) is 11.9. The van der Waals surface area contributed by atoms with Crippen molar-refractivity contribution in [3.63, 3.8) is 0 Å². The summed E-state index contributed by atoms with van der Waals surface area (Å²) in [5.74, 6) is 0. The van der Waals surface area contributed by atoms with Gasteiger partial charge in [0.25, 0.3) is 0 Å². The van der Waals surface area contributed by atoms with Gasteiger partial charge in [0.2, 0.25) is 0 Å². The average Bonchev–Trinajstić information content (AvgIpc) is 3.95. The first-order chi connectivity index (χ1) is 28.3. The van der Waals surface area contributed by atoms with Crippen molar-refractivity contribution in [2.24, 2.45) is 0 Å². The van der Waals surface area contributed by atoms with E-state index in [-0.39, 0.29) is 0 Å². The van der Waals surface area contributed by atoms with Crippen LogP contribution in [0.4, 0.5) is 0 Å². The van der Waals surface area contributed by atoms with Gasteiger partial charge >= 0.3 is 0 Å². The second-order valence-corrected chi connectivity index (χ2v) is 14.8. The van der Waals surface area contributed by atoms with Gasteiger partial charge in [0.05, 0.1) is 27.8 Å². The van der Waals surface area contributed by atoms with Crippen LogP contribution >= 0.6 is 0 Å². The van der Waals surface area contributed by atoms with Crippen LogP contribution in [0.15, 0.2) is 211 Å². The Morgan fingerprint density at radius 1 is 0.316 bits per heavy atom. The van der Waals surface area contributed by atoms with Gasteiger partial charge in [-0.05, 0) is 88.0 Å². The van der Waals surface area contributed by atoms with Gasteiger partial charge in [-0.2, -0.15) is 0 Å². The second-order valence-electron chi connectivity index (χ2n) is 14.8. The smallest absolute Gasteiger partial charge is 0.160 e. The van der Waals surface area contributed by atoms with Crippen LogP contribution in [0.25, 0.3) is 110 Å². The van der Waals surface area contributed by atoms with Gasteiger partial charge in [-0.3, -0.25) is 0 Å². The maximum Gasteiger partial charge on any atom is 0.160 e. The van der Waals surface area contributed by atoms with E-state index in [2.05, 4.69) is 215 Å². The van der Waals surface area contributed by atoms with Crippen LogP contribution < -0.4 is 0 Å². The Bertz CT molecular complexity index is 3510. The molecule has 0 unspecified atom stereocenters. The molecule has 57 heavy (non-hydrogen) atoms. The third-order valence-corrected chi connectivity index (χ3v) is 11.7. The van der Waals surface area contributed by atoms with E-state index in [0.29, 0.717) is 0 Å². The lowest BCUT2D eigenvalue weighted by Crippen LogP contribution is -1.95. The fourth-order valence-corrected chi connectivity index (χ4v) is 9.33. The summed E-state index contributed by atoms with van der Waals surface area (Å²) >= 11 is 0. The first-order valence-electron chi connectivity index (χ1n) is 19.5. The quantitative estimate of drug-likeness (QED) is 0.173. The molecule has 0 atom stereocenters. The van der Waals surface area contributed by atoms with Crippen LogP contribution in [-0.2, 0) is 0 Å². The fraction of sp³-hybridized carbons (Fsp3) is 0. The van der Waals surface area contributed by atoms with Crippen LogP contribution in [0.2, 0.25) is 0 Å². The van der Waals surface area contributed by atoms with Gasteiger partial charge in [-0.1, -0.05) is 152 Å². The molecule has 0 spiro atoms. The van der Waals surface area contributed by atoms with E-state index in [9.17, 15) is 0 Å². The van der Waals surface area contributed by atoms with Crippen molar-refractivity contribution in [1.29, 1.82) is 0 Å². The molecule has 3 nitrogen and oxygen atoms in total. The number of furan rings is 1. The Morgan fingerprint density at radius 2 is 0.842 bits per heavy atom. The Morgan fingerprint density at radius 3 is 1.56 bits per heavy atom. The zero-order valence-electron chi connectivity index (χ0n) is 30.9. The summed E-state index contributed by atoms with van der Waals surface area (Å²) in [5.41, 5.74) is 15.7. The largest absolute Gasteiger partial charge is 0.454 e. The van der Waals surface area contributed by atoms with Crippen LogP contribution in [0.5, 0.6) is 0 Å². The molecule has 12 rings (SSSR count). The second kappa shape index (κ2) is 12.5. The summed E-state index contributed by atoms with van der Waals surface area (Å²) in [4.78, 5) is 0. The molecule has 0 bridgehead atoms. The molecule has 0 radical (unpaired) electrons. The maximum atomic E-state index is 6.92. The van der Waals surface area contributed by atoms with Crippen molar-refractivity contribution in [1.82, 2.24) is 9.13 Å². The molecule has 0 amide bonds. The Hall–Kier alpha value is -7.62. The number of hydrogen-bond donors (Lipinski definition) is 0. The predicted molar refractivity (Wildman–Crippen MR) is 239 cm³/mol. The summed E-state index contributed by atoms with van der Waals surface area (Å²) in [7, 11) is 0. The number of hydrogen-bond acceptors (Lipinski definition) is 1. The molecule has 0 aliphatic rings. The number of fused-ring (bicyclic) bond motifs is 9. The molecule has 0 saturated heterocycles. The van der Waals surface area contributed by atoms with Crippen molar-refractivity contribution in [3.05, 3.63) is 206 Å². The Kier molecular flexibility index (Phi) is 6.93. The monoisotopic (exact) mass is 726 g/mol. The highest BCUT2D eigenvalue weighted by Gasteiger charge is 2.23. The van der Waals surface area contributed by atoms with Gasteiger partial charge in [0, 0.05) is 38.0 Å². The molecule has 0 aliphatic heterocycles. The van der Waals surface area contributed by atoms with Crippen molar-refractivity contribution in [2.45, 2.75) is 0 Å². The number of aromatic nitrogens is 2. The van der Waals surface area contributed by atoms with Crippen molar-refractivity contribution < 1.29 is 4.42 Å². The molecule has 0 fully saturated rings. The molecule has 12 aromatic rings. The highest BCUT2D eigenvalue weighted by molar-refractivity contribution is 6.23. The number of nitrogens with zero attached hydrogens (tertiary/aromatic N) is 2. The van der Waals surface area contributed by atoms with E-state index in [1.807, 2.05) is 0 Å². The van der Waals surface area contributed by atoms with Gasteiger partial charge in [-0.25, -0.2) is 0 Å². The zero-order chi connectivity index (χ0) is 37.5. The molecule has 3 aromatic heterocycles. The van der Waals surface area contributed by atoms with E-state index in [0.717, 1.165) is 55.5 Å². The molecule has 0 saturated carbocycles. The molecule has 0 N–H and O–H groups in total. The third kappa shape index (κ3) is 4.73. The summed E-state index contributed by atoms with van der Waals surface area (Å²) in [6.07, 6.45) is 0. The molecule has 3 heteroatoms. The lowest BCUT2D eigenvalue weighted by molar-refractivity contribution is 0.666. The van der Waals surface area contributed by atoms with Crippen LogP contribution in [0, 0.1) is 0 Å². The van der Waals surface area contributed by atoms with Gasteiger partial charge in [0.15, 0.2) is 5.58 Å². The minimum Gasteiger partial charge on any atom is -0.454 e. The van der Waals surface area contributed by atoms with E-state index in [4.69, 9.17) is 4.42 Å². The molecule has 266 valence electrons. The highest BCUT2D eigenvalue weighted by Crippen LogP contribution is 2.46. The van der Waals surface area contributed by atoms with Crippen molar-refractivity contribution in [2.75, 3.05) is 0 Å². The number of benzene rings is 9. The summed E-state index contributed by atoms with van der Waals surface area (Å²) in [5, 5.41) is 7.15. The van der Waals surface area contributed by atoms with Gasteiger partial charge in [-0.15, -0.1) is 0 Å². The van der Waals surface area contributed by atoms with Crippen molar-refractivity contribution >= 4 is 65.6 Å². The van der Waals surface area contributed by atoms with Crippen molar-refractivity contribution in [3.8, 4) is 44.8 Å². The lowest BCUT2D eigenvalue weighted by Gasteiger charge is -2.13. The zero-order valence-corrected chi connectivity index (χ0v) is 30.9. The minimum absolute atomic E-state index is 0.875. The van der Waals surface area contributed by atoms with Crippen LogP contribution in [0.1, 0.15) is 0 Å². The number of rotatable bonds is 5. The topological polar surface area (TPSA) is 23.0 Å². The van der Waals surface area contributed by atoms with E-state index >= 15 is 0 Å². The standard InChI is InChI=1S/C54H34N2O/c1-3-16-35(17-4-1)36-18-13-19-37(34-36)39-32-33-49(54-53(39)44-24-9-12-31-50(44)57-54)56-46-28-11-8-23-43(46)52-41(26-15-30-48(52)56)40-25-14-29-47-51(40)42-22-7-10-27-45(42)55(47)38-20-5-2-6-21-38/h1-34H. The van der Waals surface area contributed by atoms with E-state index in [1.165, 1.54) is 54.8 Å². The lowest BCUT2D eigenvalue weighted by atomic mass is 9.95. The van der Waals surface area contributed by atoms with Crippen LogP contribution in [-0.4, -0.2) is 9.13 Å². The Labute approximate surface area is 328 Å². The highest BCUT2D eigenvalue weighted by atomic mass is 16.3. The van der Waals surface area contributed by atoms with Gasteiger partial charge in [0.1, 0.15) is 5.58 Å². The molecule has 9 aromatic carbocycles. The maximum absolute atomic E-state index is 6.92. The van der Waals surface area contributed by atoms with Gasteiger partial charge < -0.3 is 13.6 Å². The summed E-state index contributed by atoms with van der Waals surface area (Å²) in [6.45, 7) is 0. The molecular formula is C54H34N2O. The Balaban J connectivity index is 1.14. The molecule has 3 heterocycles. The predicted octanol–water partition coefficient (Wildman–Crippen LogP) is 14.8. The molecule has 0 aliphatic carbocycles. The summed E-state index contributed by atoms with van der Waals surface area (Å²) < 4.78 is 11.7. The first kappa shape index (κ1) is 31.7.